The van der Waals surface area contributed by atoms with Crippen LogP contribution in [-0.4, -0.2) is 26.7 Å². The van der Waals surface area contributed by atoms with Gasteiger partial charge < -0.3 is 4.74 Å². The Morgan fingerprint density at radius 2 is 1.95 bits per heavy atom. The van der Waals surface area contributed by atoms with E-state index in [1.807, 2.05) is 30.3 Å². The highest BCUT2D eigenvalue weighted by atomic mass is 32.2. The average Bonchev–Trinajstić information content (AvgIpc) is 2.34. The van der Waals surface area contributed by atoms with Gasteiger partial charge in [-0.3, -0.25) is 4.79 Å². The van der Waals surface area contributed by atoms with Crippen molar-refractivity contribution in [2.24, 2.45) is 11.1 Å². The van der Waals surface area contributed by atoms with Crippen LogP contribution in [0.25, 0.3) is 0 Å². The Labute approximate surface area is 113 Å². The lowest BCUT2D eigenvalue weighted by atomic mass is 10.0. The van der Waals surface area contributed by atoms with Crippen LogP contribution in [0, 0.1) is 5.92 Å². The summed E-state index contributed by atoms with van der Waals surface area (Å²) in [7, 11) is -3.69. The molecule has 0 aromatic heterocycles. The van der Waals surface area contributed by atoms with E-state index in [1.54, 1.807) is 6.92 Å². The van der Waals surface area contributed by atoms with Gasteiger partial charge in [0.15, 0.2) is 0 Å². The zero-order valence-corrected chi connectivity index (χ0v) is 11.7. The molecule has 0 aliphatic rings. The molecule has 0 saturated heterocycles. The number of carbonyl (C=O) groups is 1. The predicted octanol–water partition coefficient (Wildman–Crippen LogP) is 1.09. The molecule has 0 aliphatic heterocycles. The van der Waals surface area contributed by atoms with E-state index in [9.17, 15) is 13.2 Å². The normalized spacial score (nSPS) is 12.9. The first kappa shape index (κ1) is 15.7. The molecule has 0 heterocycles. The van der Waals surface area contributed by atoms with Crippen LogP contribution in [0.5, 0.6) is 0 Å². The molecule has 0 aliphatic carbocycles. The van der Waals surface area contributed by atoms with Crippen molar-refractivity contribution >= 4 is 16.0 Å². The van der Waals surface area contributed by atoms with Crippen LogP contribution in [-0.2, 0) is 26.0 Å². The van der Waals surface area contributed by atoms with E-state index in [4.69, 9.17) is 9.88 Å². The van der Waals surface area contributed by atoms with Gasteiger partial charge in [0, 0.05) is 0 Å². The van der Waals surface area contributed by atoms with E-state index >= 15 is 0 Å². The van der Waals surface area contributed by atoms with Gasteiger partial charge in [-0.25, -0.2) is 13.6 Å². The number of esters is 1. The minimum absolute atomic E-state index is 0.227. The molecule has 1 unspecified atom stereocenters. The standard InChI is InChI=1S/C13H19NO4S/c1-2-18-13(15)12(10-19(14,16)17)9-8-11-6-4-3-5-7-11/h3-7,12H,2,8-10H2,1H3,(H2,14,16,17). The number of primary sulfonamides is 1. The van der Waals surface area contributed by atoms with Gasteiger partial charge >= 0.3 is 5.97 Å². The Bertz CT molecular complexity index is 499. The maximum Gasteiger partial charge on any atom is 0.310 e. The van der Waals surface area contributed by atoms with Gasteiger partial charge in [-0.2, -0.15) is 0 Å². The third-order valence-electron chi connectivity index (χ3n) is 2.68. The third-order valence-corrected chi connectivity index (χ3v) is 3.54. The molecule has 106 valence electrons. The molecule has 1 aromatic carbocycles. The van der Waals surface area contributed by atoms with Gasteiger partial charge in [0.05, 0.1) is 18.3 Å². The number of rotatable bonds is 7. The molecule has 6 heteroatoms. The van der Waals surface area contributed by atoms with Crippen molar-refractivity contribution in [1.29, 1.82) is 0 Å². The number of nitrogens with two attached hydrogens (primary N) is 1. The zero-order valence-electron chi connectivity index (χ0n) is 10.9. The minimum Gasteiger partial charge on any atom is -0.466 e. The fourth-order valence-corrected chi connectivity index (χ4v) is 2.66. The SMILES string of the molecule is CCOC(=O)C(CCc1ccccc1)CS(N)(=O)=O. The largest absolute Gasteiger partial charge is 0.466 e. The Morgan fingerprint density at radius 1 is 1.32 bits per heavy atom. The highest BCUT2D eigenvalue weighted by Gasteiger charge is 2.24. The van der Waals surface area contributed by atoms with Crippen molar-refractivity contribution in [3.63, 3.8) is 0 Å². The van der Waals surface area contributed by atoms with E-state index in [2.05, 4.69) is 0 Å². The molecule has 0 amide bonds. The first-order chi connectivity index (χ1) is 8.92. The number of ether oxygens (including phenoxy) is 1. The molecule has 1 rings (SSSR count). The van der Waals surface area contributed by atoms with Gasteiger partial charge in [-0.05, 0) is 25.3 Å². The first-order valence-electron chi connectivity index (χ1n) is 6.13. The molecule has 1 atom stereocenters. The maximum atomic E-state index is 11.7. The third kappa shape index (κ3) is 6.35. The van der Waals surface area contributed by atoms with Crippen LogP contribution in [0.4, 0.5) is 0 Å². The number of sulfonamides is 1. The summed E-state index contributed by atoms with van der Waals surface area (Å²) in [6, 6.07) is 9.55. The van der Waals surface area contributed by atoms with Crippen molar-refractivity contribution in [2.75, 3.05) is 12.4 Å². The van der Waals surface area contributed by atoms with Gasteiger partial charge in [0.1, 0.15) is 0 Å². The molecule has 0 spiro atoms. The van der Waals surface area contributed by atoms with Crippen LogP contribution in [0.1, 0.15) is 18.9 Å². The first-order valence-corrected chi connectivity index (χ1v) is 7.85. The van der Waals surface area contributed by atoms with Crippen molar-refractivity contribution in [1.82, 2.24) is 0 Å². The summed E-state index contributed by atoms with van der Waals surface area (Å²) in [4.78, 5) is 11.7. The smallest absolute Gasteiger partial charge is 0.310 e. The van der Waals surface area contributed by atoms with Crippen LogP contribution < -0.4 is 5.14 Å². The quantitative estimate of drug-likeness (QED) is 0.760. The molecule has 0 saturated carbocycles. The highest BCUT2D eigenvalue weighted by Crippen LogP contribution is 2.13. The number of hydrogen-bond donors (Lipinski definition) is 1. The summed E-state index contributed by atoms with van der Waals surface area (Å²) in [5, 5.41) is 5.00. The second-order valence-corrected chi connectivity index (χ2v) is 5.96. The van der Waals surface area contributed by atoms with Crippen molar-refractivity contribution < 1.29 is 17.9 Å². The lowest BCUT2D eigenvalue weighted by Crippen LogP contribution is -2.30. The summed E-state index contributed by atoms with van der Waals surface area (Å²) in [5.41, 5.74) is 1.05. The van der Waals surface area contributed by atoms with Crippen LogP contribution in [0.3, 0.4) is 0 Å². The molecule has 19 heavy (non-hydrogen) atoms. The Hall–Kier alpha value is -1.40. The highest BCUT2D eigenvalue weighted by molar-refractivity contribution is 7.89. The molecular weight excluding hydrogens is 266 g/mol. The monoisotopic (exact) mass is 285 g/mol. The Morgan fingerprint density at radius 3 is 2.47 bits per heavy atom. The number of hydrogen-bond acceptors (Lipinski definition) is 4. The minimum atomic E-state index is -3.69. The molecule has 2 N–H and O–H groups in total. The second kappa shape index (κ2) is 7.25. The zero-order chi connectivity index (χ0) is 14.3. The summed E-state index contributed by atoms with van der Waals surface area (Å²) in [6.45, 7) is 1.91. The second-order valence-electron chi connectivity index (χ2n) is 4.30. The van der Waals surface area contributed by atoms with Gasteiger partial charge in [0.25, 0.3) is 0 Å². The fraction of sp³-hybridized carbons (Fsp3) is 0.462. The lowest BCUT2D eigenvalue weighted by Gasteiger charge is -2.14. The van der Waals surface area contributed by atoms with Crippen molar-refractivity contribution in [3.05, 3.63) is 35.9 Å². The van der Waals surface area contributed by atoms with Crippen LogP contribution >= 0.6 is 0 Å². The van der Waals surface area contributed by atoms with Crippen LogP contribution in [0.15, 0.2) is 30.3 Å². The number of benzene rings is 1. The molecule has 1 aromatic rings. The van der Waals surface area contributed by atoms with Crippen molar-refractivity contribution in [2.45, 2.75) is 19.8 Å². The Kier molecular flexibility index (Phi) is 5.98. The van der Waals surface area contributed by atoms with Gasteiger partial charge in [-0.1, -0.05) is 30.3 Å². The lowest BCUT2D eigenvalue weighted by molar-refractivity contribution is -0.147. The summed E-state index contributed by atoms with van der Waals surface area (Å²) < 4.78 is 27.1. The predicted molar refractivity (Wildman–Crippen MR) is 72.9 cm³/mol. The molecule has 0 radical (unpaired) electrons. The molecule has 0 fully saturated rings. The van der Waals surface area contributed by atoms with Crippen molar-refractivity contribution in [3.8, 4) is 0 Å². The average molecular weight is 285 g/mol. The van der Waals surface area contributed by atoms with Gasteiger partial charge in [0.2, 0.25) is 10.0 Å². The van der Waals surface area contributed by atoms with E-state index in [-0.39, 0.29) is 12.4 Å². The number of aryl methyl sites for hydroxylation is 1. The molecule has 0 bridgehead atoms. The van der Waals surface area contributed by atoms with E-state index in [1.165, 1.54) is 0 Å². The molecular formula is C13H19NO4S. The summed E-state index contributed by atoms with van der Waals surface area (Å²) in [6.07, 6.45) is 1.01. The van der Waals surface area contributed by atoms with Gasteiger partial charge in [-0.15, -0.1) is 0 Å². The van der Waals surface area contributed by atoms with E-state index in [0.29, 0.717) is 12.8 Å². The topological polar surface area (TPSA) is 86.5 Å². The molecule has 5 nitrogen and oxygen atoms in total. The van der Waals surface area contributed by atoms with E-state index in [0.717, 1.165) is 5.56 Å². The maximum absolute atomic E-state index is 11.7. The fourth-order valence-electron chi connectivity index (χ4n) is 1.80. The van der Waals surface area contributed by atoms with Crippen LogP contribution in [0.2, 0.25) is 0 Å². The summed E-state index contributed by atoms with van der Waals surface area (Å²) in [5.74, 6) is -1.60. The Balaban J connectivity index is 2.66. The van der Waals surface area contributed by atoms with E-state index < -0.39 is 21.9 Å². The summed E-state index contributed by atoms with van der Waals surface area (Å²) >= 11 is 0. The number of carbonyl (C=O) groups excluding carboxylic acids is 1.